The zero-order chi connectivity index (χ0) is 15.6. The van der Waals surface area contributed by atoms with Gasteiger partial charge in [0, 0.05) is 14.5 Å². The molecule has 0 fully saturated rings. The molecule has 0 saturated carbocycles. The average Bonchev–Trinajstić information content (AvgIpc) is 2.41. The van der Waals surface area contributed by atoms with Crippen molar-refractivity contribution < 1.29 is 4.79 Å². The highest BCUT2D eigenvalue weighted by Crippen LogP contribution is 2.23. The van der Waals surface area contributed by atoms with Crippen LogP contribution in [0.2, 0.25) is 0 Å². The van der Waals surface area contributed by atoms with Crippen LogP contribution in [0.15, 0.2) is 51.4 Å². The van der Waals surface area contributed by atoms with Crippen LogP contribution in [0.25, 0.3) is 0 Å². The molecule has 0 aliphatic heterocycles. The number of halogens is 2. The molecule has 0 aliphatic carbocycles. The fourth-order valence-electron chi connectivity index (χ4n) is 2.03. The smallest absolute Gasteiger partial charge is 0.251 e. The van der Waals surface area contributed by atoms with Crippen LogP contribution in [0.4, 0.5) is 0 Å². The van der Waals surface area contributed by atoms with E-state index in [1.807, 2.05) is 63.2 Å². The molecule has 2 aromatic carbocycles. The minimum atomic E-state index is -0.435. The highest BCUT2D eigenvalue weighted by atomic mass is 79.9. The summed E-state index contributed by atoms with van der Waals surface area (Å²) in [6.45, 7) is 5.99. The number of benzene rings is 2. The highest BCUT2D eigenvalue weighted by Gasteiger charge is 2.23. The molecule has 2 aromatic rings. The summed E-state index contributed by atoms with van der Waals surface area (Å²) in [6.07, 6.45) is 0. The Morgan fingerprint density at radius 1 is 1.05 bits per heavy atom. The predicted octanol–water partition coefficient (Wildman–Crippen LogP) is 5.19. The van der Waals surface area contributed by atoms with E-state index in [1.54, 1.807) is 0 Å². The molecule has 0 atom stereocenters. The van der Waals surface area contributed by atoms with Crippen LogP contribution in [0.5, 0.6) is 0 Å². The molecule has 21 heavy (non-hydrogen) atoms. The zero-order valence-corrected chi connectivity index (χ0v) is 15.4. The molecule has 110 valence electrons. The predicted molar refractivity (Wildman–Crippen MR) is 93.5 cm³/mol. The van der Waals surface area contributed by atoms with Gasteiger partial charge in [-0.15, -0.1) is 0 Å². The molecular formula is C17H17Br2NO. The average molecular weight is 411 g/mol. The van der Waals surface area contributed by atoms with Gasteiger partial charge < -0.3 is 5.32 Å². The van der Waals surface area contributed by atoms with E-state index in [4.69, 9.17) is 0 Å². The normalized spacial score (nSPS) is 11.3. The lowest BCUT2D eigenvalue weighted by Gasteiger charge is -2.27. The summed E-state index contributed by atoms with van der Waals surface area (Å²) in [5, 5.41) is 3.08. The van der Waals surface area contributed by atoms with Crippen molar-refractivity contribution in [3.63, 3.8) is 0 Å². The van der Waals surface area contributed by atoms with Gasteiger partial charge in [0.2, 0.25) is 0 Å². The van der Waals surface area contributed by atoms with E-state index in [9.17, 15) is 4.79 Å². The first-order valence-electron chi connectivity index (χ1n) is 6.64. The number of rotatable bonds is 3. The third-order valence-corrected chi connectivity index (χ3v) is 4.81. The van der Waals surface area contributed by atoms with Gasteiger partial charge in [-0.1, -0.05) is 50.1 Å². The second kappa shape index (κ2) is 6.32. The number of hydrogen-bond donors (Lipinski definition) is 1. The summed E-state index contributed by atoms with van der Waals surface area (Å²) in [4.78, 5) is 12.4. The van der Waals surface area contributed by atoms with Gasteiger partial charge in [0.05, 0.1) is 5.54 Å². The van der Waals surface area contributed by atoms with Gasteiger partial charge in [-0.3, -0.25) is 4.79 Å². The number of aryl methyl sites for hydroxylation is 1. The molecule has 0 aromatic heterocycles. The molecule has 4 heteroatoms. The van der Waals surface area contributed by atoms with Crippen molar-refractivity contribution in [2.75, 3.05) is 0 Å². The summed E-state index contributed by atoms with van der Waals surface area (Å²) in [5.74, 6) is -0.0800. The van der Waals surface area contributed by atoms with E-state index in [0.29, 0.717) is 5.56 Å². The Hall–Kier alpha value is -1.13. The maximum absolute atomic E-state index is 12.4. The molecule has 0 bridgehead atoms. The first-order valence-corrected chi connectivity index (χ1v) is 8.23. The molecule has 0 heterocycles. The standard InChI is InChI=1S/C17H17Br2NO/c1-11-4-5-12(10-15(11)19)16(21)20-17(2,3)13-6-8-14(18)9-7-13/h4-10H,1-3H3,(H,20,21). The Balaban J connectivity index is 2.21. The van der Waals surface area contributed by atoms with E-state index in [1.165, 1.54) is 0 Å². The van der Waals surface area contributed by atoms with Crippen molar-refractivity contribution in [3.8, 4) is 0 Å². The third-order valence-electron chi connectivity index (χ3n) is 3.43. The van der Waals surface area contributed by atoms with Gasteiger partial charge in [-0.2, -0.15) is 0 Å². The monoisotopic (exact) mass is 409 g/mol. The van der Waals surface area contributed by atoms with E-state index in [2.05, 4.69) is 37.2 Å². The molecule has 0 spiro atoms. The number of hydrogen-bond acceptors (Lipinski definition) is 1. The van der Waals surface area contributed by atoms with Crippen LogP contribution >= 0.6 is 31.9 Å². The number of carbonyl (C=O) groups is 1. The molecule has 0 aliphatic rings. The van der Waals surface area contributed by atoms with Crippen molar-refractivity contribution in [1.29, 1.82) is 0 Å². The summed E-state index contributed by atoms with van der Waals surface area (Å²) < 4.78 is 1.97. The summed E-state index contributed by atoms with van der Waals surface area (Å²) >= 11 is 6.88. The summed E-state index contributed by atoms with van der Waals surface area (Å²) in [6, 6.07) is 13.6. The van der Waals surface area contributed by atoms with Gasteiger partial charge in [0.15, 0.2) is 0 Å². The third kappa shape index (κ3) is 3.95. The van der Waals surface area contributed by atoms with Crippen LogP contribution in [-0.4, -0.2) is 5.91 Å². The van der Waals surface area contributed by atoms with Gasteiger partial charge in [-0.05, 0) is 56.2 Å². The summed E-state index contributed by atoms with van der Waals surface area (Å²) in [7, 11) is 0. The number of nitrogens with one attached hydrogen (secondary N) is 1. The number of amides is 1. The van der Waals surface area contributed by atoms with Gasteiger partial charge in [-0.25, -0.2) is 0 Å². The van der Waals surface area contributed by atoms with Gasteiger partial charge >= 0.3 is 0 Å². The molecule has 2 rings (SSSR count). The highest BCUT2D eigenvalue weighted by molar-refractivity contribution is 9.10. The Labute approximate surface area is 142 Å². The molecule has 2 nitrogen and oxygen atoms in total. The lowest BCUT2D eigenvalue weighted by Crippen LogP contribution is -2.41. The minimum Gasteiger partial charge on any atom is -0.343 e. The van der Waals surface area contributed by atoms with Crippen LogP contribution in [0.1, 0.15) is 35.3 Å². The second-order valence-electron chi connectivity index (χ2n) is 5.55. The summed E-state index contributed by atoms with van der Waals surface area (Å²) in [5.41, 5.74) is 2.39. The Morgan fingerprint density at radius 2 is 1.67 bits per heavy atom. The minimum absolute atomic E-state index is 0.0800. The number of carbonyl (C=O) groups excluding carboxylic acids is 1. The Morgan fingerprint density at radius 3 is 2.24 bits per heavy atom. The molecule has 1 N–H and O–H groups in total. The first-order chi connectivity index (χ1) is 9.79. The van der Waals surface area contributed by atoms with Crippen molar-refractivity contribution in [3.05, 3.63) is 68.1 Å². The second-order valence-corrected chi connectivity index (χ2v) is 7.32. The lowest BCUT2D eigenvalue weighted by atomic mass is 9.94. The topological polar surface area (TPSA) is 29.1 Å². The fourth-order valence-corrected chi connectivity index (χ4v) is 2.67. The van der Waals surface area contributed by atoms with Crippen molar-refractivity contribution in [2.45, 2.75) is 26.3 Å². The van der Waals surface area contributed by atoms with Crippen LogP contribution < -0.4 is 5.32 Å². The van der Waals surface area contributed by atoms with Crippen molar-refractivity contribution in [1.82, 2.24) is 5.32 Å². The largest absolute Gasteiger partial charge is 0.343 e. The lowest BCUT2D eigenvalue weighted by molar-refractivity contribution is 0.0912. The molecule has 0 radical (unpaired) electrons. The Kier molecular flexibility index (Phi) is 4.89. The Bertz CT molecular complexity index is 663. The molecule has 0 unspecified atom stereocenters. The van der Waals surface area contributed by atoms with E-state index in [-0.39, 0.29) is 5.91 Å². The maximum atomic E-state index is 12.4. The van der Waals surface area contributed by atoms with Crippen molar-refractivity contribution >= 4 is 37.8 Å². The van der Waals surface area contributed by atoms with E-state index < -0.39 is 5.54 Å². The molecule has 1 amide bonds. The SMILES string of the molecule is Cc1ccc(C(=O)NC(C)(C)c2ccc(Br)cc2)cc1Br. The fraction of sp³-hybridized carbons (Fsp3) is 0.235. The van der Waals surface area contributed by atoms with E-state index in [0.717, 1.165) is 20.1 Å². The van der Waals surface area contributed by atoms with Gasteiger partial charge in [0.1, 0.15) is 0 Å². The van der Waals surface area contributed by atoms with Crippen molar-refractivity contribution in [2.24, 2.45) is 0 Å². The zero-order valence-electron chi connectivity index (χ0n) is 12.2. The maximum Gasteiger partial charge on any atom is 0.251 e. The molecular weight excluding hydrogens is 394 g/mol. The van der Waals surface area contributed by atoms with Gasteiger partial charge in [0.25, 0.3) is 5.91 Å². The molecule has 0 saturated heterocycles. The quantitative estimate of drug-likeness (QED) is 0.741. The van der Waals surface area contributed by atoms with Crippen LogP contribution in [-0.2, 0) is 5.54 Å². The first kappa shape index (κ1) is 16.2. The van der Waals surface area contributed by atoms with E-state index >= 15 is 0 Å². The van der Waals surface area contributed by atoms with Crippen LogP contribution in [0, 0.1) is 6.92 Å². The van der Waals surface area contributed by atoms with Crippen LogP contribution in [0.3, 0.4) is 0 Å².